The monoisotopic (exact) mass is 1060 g/mol. The van der Waals surface area contributed by atoms with Crippen molar-refractivity contribution in [2.24, 2.45) is 20.4 Å². The molecule has 4 aliphatic rings. The second kappa shape index (κ2) is 19.6. The number of nitrogens with zero attached hydrogens (tertiary/aromatic N) is 6. The Morgan fingerprint density at radius 1 is 0.364 bits per heavy atom. The fraction of sp³-hybridized carbons (Fsp3) is 0.0645. The average molecular weight is 1060 g/mol. The van der Waals surface area contributed by atoms with E-state index in [1.807, 2.05) is 146 Å². The van der Waals surface area contributed by atoms with Crippen LogP contribution in [0.2, 0.25) is 0 Å². The van der Waals surface area contributed by atoms with Crippen LogP contribution in [0.15, 0.2) is 199 Å². The Hall–Kier alpha value is -9.02. The first-order valence-electron chi connectivity index (χ1n) is 24.7. The summed E-state index contributed by atoms with van der Waals surface area (Å²) in [6.45, 7) is 4.08. The lowest BCUT2D eigenvalue weighted by Crippen LogP contribution is -2.07. The highest BCUT2D eigenvalue weighted by Gasteiger charge is 2.35. The predicted molar refractivity (Wildman–Crippen MR) is 302 cm³/mol. The van der Waals surface area contributed by atoms with Gasteiger partial charge in [0.05, 0.1) is 24.3 Å². The lowest BCUT2D eigenvalue weighted by molar-refractivity contribution is 0.0517. The van der Waals surface area contributed by atoms with E-state index in [1.54, 1.807) is 38.1 Å². The number of carbonyl (C=O) groups is 4. The number of benzene rings is 8. The van der Waals surface area contributed by atoms with Crippen LogP contribution in [0.25, 0.3) is 44.5 Å². The molecule has 0 N–H and O–H groups in total. The normalized spacial score (nSPS) is 14.9. The third-order valence-electron chi connectivity index (χ3n) is 13.8. The van der Waals surface area contributed by atoms with Gasteiger partial charge in [-0.2, -0.15) is 0 Å². The lowest BCUT2D eigenvalue weighted by atomic mass is 9.99. The van der Waals surface area contributed by atoms with Crippen molar-refractivity contribution in [2.75, 3.05) is 13.2 Å². The van der Waals surface area contributed by atoms with Crippen molar-refractivity contribution in [2.45, 2.75) is 22.5 Å². The van der Waals surface area contributed by atoms with Gasteiger partial charge in [-0.15, -0.1) is 30.6 Å². The minimum Gasteiger partial charge on any atom is -0.462 e. The molecule has 9 aromatic rings. The van der Waals surface area contributed by atoms with Gasteiger partial charge in [0.1, 0.15) is 22.8 Å². The molecule has 12 nitrogen and oxygen atoms in total. The molecule has 77 heavy (non-hydrogen) atoms. The Morgan fingerprint density at radius 2 is 0.623 bits per heavy atom. The molecule has 0 aliphatic heterocycles. The third-order valence-corrected chi connectivity index (χ3v) is 16.6. The van der Waals surface area contributed by atoms with Gasteiger partial charge in [-0.25, -0.2) is 9.59 Å². The van der Waals surface area contributed by atoms with E-state index in [4.69, 9.17) is 29.9 Å². The maximum Gasteiger partial charge on any atom is 0.338 e. The van der Waals surface area contributed by atoms with Gasteiger partial charge >= 0.3 is 11.9 Å². The zero-order valence-electron chi connectivity index (χ0n) is 40.9. The Morgan fingerprint density at radius 3 is 0.922 bits per heavy atom. The molecule has 4 aliphatic carbocycles. The predicted octanol–water partition coefficient (Wildman–Crippen LogP) is 13.3. The summed E-state index contributed by atoms with van der Waals surface area (Å²) in [4.78, 5) is 55.0. The SMILES string of the molecule is CCOC(=O)c1cccc2c1-c1ccccc1/C2=N/N=C1\c2ccccc2-c2c(C(=O)Sc3nnc(SC(=O)c4cccc5c4-c4ccccc4/C5=N/N=C4\c5ccccc5-c5c(C(=O)OCC)cccc54)s3)cccc21. The molecule has 15 heteroatoms. The molecule has 0 radical (unpaired) electrons. The van der Waals surface area contributed by atoms with Gasteiger partial charge in [0, 0.05) is 77.9 Å². The molecule has 8 aromatic carbocycles. The van der Waals surface area contributed by atoms with E-state index in [1.165, 1.54) is 11.3 Å². The number of esters is 2. The average Bonchev–Trinajstić information content (AvgIpc) is 4.35. The quantitative estimate of drug-likeness (QED) is 0.0732. The molecule has 0 saturated carbocycles. The van der Waals surface area contributed by atoms with Gasteiger partial charge in [0.25, 0.3) is 0 Å². The van der Waals surface area contributed by atoms with Crippen molar-refractivity contribution >= 4 is 79.9 Å². The standard InChI is InChI=1S/C62H38N6O6S3/c1-3-73-57(69)45-29-13-25-41-49(45)33-17-5-9-21-37(33)53(41)63-65-55-39-23-11-7-19-35(39)51-43(55)27-15-31-47(51)59(71)75-61-67-68-62(77-61)76-60(72)48-32-16-28-44-52(48)36-20-8-12-24-40(36)56(44)66-64-54-38-22-10-6-18-34(38)50-42(54)26-14-30-46(50)58(70)74-4-2/h5-32H,3-4H2,1-2H3/b63-53-,64-54+,65-55+,66-56-. The van der Waals surface area contributed by atoms with E-state index in [0.717, 1.165) is 113 Å². The summed E-state index contributed by atoms with van der Waals surface area (Å²) in [5.74, 6) is -0.803. The Labute approximate surface area is 453 Å². The van der Waals surface area contributed by atoms with Crippen LogP contribution in [0, 0.1) is 0 Å². The van der Waals surface area contributed by atoms with Crippen LogP contribution < -0.4 is 0 Å². The lowest BCUT2D eigenvalue weighted by Gasteiger charge is -2.08. The van der Waals surface area contributed by atoms with E-state index in [9.17, 15) is 19.2 Å². The van der Waals surface area contributed by atoms with Gasteiger partial charge in [0.15, 0.2) is 8.68 Å². The van der Waals surface area contributed by atoms with Crippen LogP contribution in [-0.2, 0) is 9.47 Å². The van der Waals surface area contributed by atoms with Gasteiger partial charge in [0.2, 0.25) is 10.2 Å². The minimum atomic E-state index is -0.401. The first-order chi connectivity index (χ1) is 37.8. The summed E-state index contributed by atoms with van der Waals surface area (Å²) in [7, 11) is 0. The van der Waals surface area contributed by atoms with E-state index >= 15 is 0 Å². The van der Waals surface area contributed by atoms with E-state index in [2.05, 4.69) is 10.2 Å². The van der Waals surface area contributed by atoms with Crippen LogP contribution in [0.1, 0.15) is 99.8 Å². The Bertz CT molecular complexity index is 3930. The Kier molecular flexibility index (Phi) is 12.1. The van der Waals surface area contributed by atoms with Crippen molar-refractivity contribution in [3.63, 3.8) is 0 Å². The molecule has 0 spiro atoms. The van der Waals surface area contributed by atoms with Crippen molar-refractivity contribution in [3.05, 3.63) is 237 Å². The van der Waals surface area contributed by atoms with Crippen molar-refractivity contribution in [3.8, 4) is 44.5 Å². The summed E-state index contributed by atoms with van der Waals surface area (Å²) in [6.07, 6.45) is 0. The summed E-state index contributed by atoms with van der Waals surface area (Å²) >= 11 is 3.08. The van der Waals surface area contributed by atoms with Crippen LogP contribution in [0.5, 0.6) is 0 Å². The zero-order chi connectivity index (χ0) is 52.3. The fourth-order valence-corrected chi connectivity index (χ4v) is 13.4. The summed E-state index contributed by atoms with van der Waals surface area (Å²) in [5.41, 5.74) is 17.2. The van der Waals surface area contributed by atoms with E-state index in [-0.39, 0.29) is 23.4 Å². The van der Waals surface area contributed by atoms with E-state index in [0.29, 0.717) is 53.8 Å². The summed E-state index contributed by atoms with van der Waals surface area (Å²) < 4.78 is 11.6. The Balaban J connectivity index is 0.779. The molecule has 370 valence electrons. The number of hydrogen-bond acceptors (Lipinski definition) is 15. The number of fused-ring (bicyclic) bond motifs is 12. The van der Waals surface area contributed by atoms with Crippen molar-refractivity contribution in [1.29, 1.82) is 0 Å². The number of hydrogen-bond donors (Lipinski definition) is 0. The summed E-state index contributed by atoms with van der Waals surface area (Å²) in [6, 6.07) is 53.4. The topological polar surface area (TPSA) is 162 Å². The number of carbonyl (C=O) groups excluding carboxylic acids is 4. The smallest absolute Gasteiger partial charge is 0.338 e. The first kappa shape index (κ1) is 47.7. The molecule has 0 fully saturated rings. The van der Waals surface area contributed by atoms with Crippen LogP contribution in [0.4, 0.5) is 0 Å². The minimum absolute atomic E-state index is 0.245. The van der Waals surface area contributed by atoms with Crippen molar-refractivity contribution in [1.82, 2.24) is 10.2 Å². The number of rotatable bonds is 10. The second-order valence-corrected chi connectivity index (χ2v) is 21.4. The highest BCUT2D eigenvalue weighted by atomic mass is 32.2. The highest BCUT2D eigenvalue weighted by molar-refractivity contribution is 8.17. The fourth-order valence-electron chi connectivity index (χ4n) is 10.6. The van der Waals surface area contributed by atoms with E-state index < -0.39 is 11.9 Å². The number of thioether (sulfide) groups is 2. The molecule has 0 atom stereocenters. The molecule has 1 aromatic heterocycles. The number of aromatic nitrogens is 2. The summed E-state index contributed by atoms with van der Waals surface area (Å²) in [5, 5.41) is 27.9. The molecule has 13 rings (SSSR count). The molecule has 0 amide bonds. The van der Waals surface area contributed by atoms with Crippen molar-refractivity contribution < 1.29 is 28.7 Å². The second-order valence-electron chi connectivity index (χ2n) is 17.9. The highest BCUT2D eigenvalue weighted by Crippen LogP contribution is 2.46. The zero-order valence-corrected chi connectivity index (χ0v) is 43.4. The third kappa shape index (κ3) is 8.00. The van der Waals surface area contributed by atoms with Gasteiger partial charge in [-0.05, 0) is 83.9 Å². The molecule has 0 unspecified atom stereocenters. The van der Waals surface area contributed by atoms with Crippen LogP contribution in [-0.4, -0.2) is 68.4 Å². The molecule has 0 saturated heterocycles. The maximum absolute atomic E-state index is 14.4. The van der Waals surface area contributed by atoms with Crippen LogP contribution in [0.3, 0.4) is 0 Å². The van der Waals surface area contributed by atoms with Crippen LogP contribution >= 0.6 is 34.9 Å². The largest absolute Gasteiger partial charge is 0.462 e. The molecular weight excluding hydrogens is 1020 g/mol. The number of ether oxygens (including phenoxy) is 2. The molecule has 0 bridgehead atoms. The molecular formula is C62H38N6O6S3. The maximum atomic E-state index is 14.4. The van der Waals surface area contributed by atoms with Gasteiger partial charge < -0.3 is 9.47 Å². The molecule has 1 heterocycles. The van der Waals surface area contributed by atoms with Gasteiger partial charge in [-0.3, -0.25) is 9.59 Å². The van der Waals surface area contributed by atoms with Gasteiger partial charge in [-0.1, -0.05) is 157 Å². The first-order valence-corrected chi connectivity index (χ1v) is 27.1.